The number of unbranched alkanes of at least 4 members (excludes halogenated alkanes) is 1. The van der Waals surface area contributed by atoms with Crippen LogP contribution >= 0.6 is 23.4 Å². The van der Waals surface area contributed by atoms with Gasteiger partial charge < -0.3 is 9.47 Å². The zero-order valence-electron chi connectivity index (χ0n) is 16.2. The van der Waals surface area contributed by atoms with Crippen LogP contribution in [0.3, 0.4) is 0 Å². The molecule has 0 aliphatic heterocycles. The van der Waals surface area contributed by atoms with Gasteiger partial charge in [0, 0.05) is 5.02 Å². The second-order valence-electron chi connectivity index (χ2n) is 6.23. The summed E-state index contributed by atoms with van der Waals surface area (Å²) in [5, 5.41) is 1.27. The van der Waals surface area contributed by atoms with Crippen LogP contribution in [0, 0.1) is 0 Å². The molecule has 152 valence electrons. The van der Waals surface area contributed by atoms with E-state index in [1.807, 2.05) is 19.1 Å². The van der Waals surface area contributed by atoms with E-state index in [0.717, 1.165) is 24.6 Å². The number of ether oxygens (including phenoxy) is 2. The summed E-state index contributed by atoms with van der Waals surface area (Å²) in [7, 11) is 1.54. The van der Waals surface area contributed by atoms with Crippen LogP contribution in [-0.2, 0) is 9.53 Å². The standard InChI is InChI=1S/C21H21ClN2O4S/c1-3-4-11-28-19(25)13-29-21-23-16-12-14(22)9-10-15(16)20(26)24(21)17-7-5-6-8-18(17)27-2/h5-10,12H,3-4,11,13H2,1-2H3. The number of aromatic nitrogens is 2. The topological polar surface area (TPSA) is 70.4 Å². The normalized spacial score (nSPS) is 10.9. The fourth-order valence-electron chi connectivity index (χ4n) is 2.76. The fraction of sp³-hybridized carbons (Fsp3) is 0.286. The van der Waals surface area contributed by atoms with E-state index in [-0.39, 0.29) is 17.3 Å². The van der Waals surface area contributed by atoms with Crippen molar-refractivity contribution in [2.45, 2.75) is 24.9 Å². The molecule has 0 aliphatic carbocycles. The average Bonchev–Trinajstić information content (AvgIpc) is 2.72. The third-order valence-corrected chi connectivity index (χ3v) is 5.35. The summed E-state index contributed by atoms with van der Waals surface area (Å²) in [5.74, 6) is 0.213. The monoisotopic (exact) mass is 432 g/mol. The molecule has 8 heteroatoms. The third kappa shape index (κ3) is 4.92. The molecule has 0 unspecified atom stereocenters. The number of benzene rings is 2. The molecule has 0 aliphatic rings. The molecule has 0 amide bonds. The Morgan fingerprint density at radius 2 is 2.03 bits per heavy atom. The quantitative estimate of drug-likeness (QED) is 0.226. The Kier molecular flexibility index (Phi) is 7.17. The highest BCUT2D eigenvalue weighted by Crippen LogP contribution is 2.27. The number of carbonyl (C=O) groups is 1. The first-order valence-corrected chi connectivity index (χ1v) is 10.6. The van der Waals surface area contributed by atoms with Gasteiger partial charge in [0.05, 0.1) is 36.1 Å². The molecule has 3 rings (SSSR count). The first-order chi connectivity index (χ1) is 14.0. The van der Waals surface area contributed by atoms with Crippen LogP contribution in [-0.4, -0.2) is 35.0 Å². The molecule has 0 atom stereocenters. The summed E-state index contributed by atoms with van der Waals surface area (Å²) < 4.78 is 12.1. The highest BCUT2D eigenvalue weighted by molar-refractivity contribution is 7.99. The van der Waals surface area contributed by atoms with E-state index in [0.29, 0.717) is 39.1 Å². The molecule has 1 heterocycles. The Hall–Kier alpha value is -2.51. The lowest BCUT2D eigenvalue weighted by Gasteiger charge is -2.15. The van der Waals surface area contributed by atoms with Crippen LogP contribution in [0.25, 0.3) is 16.6 Å². The summed E-state index contributed by atoms with van der Waals surface area (Å²) in [6.07, 6.45) is 1.76. The maximum Gasteiger partial charge on any atom is 0.316 e. The predicted molar refractivity (Wildman–Crippen MR) is 115 cm³/mol. The van der Waals surface area contributed by atoms with Crippen molar-refractivity contribution in [3.63, 3.8) is 0 Å². The van der Waals surface area contributed by atoms with Gasteiger partial charge in [-0.2, -0.15) is 0 Å². The van der Waals surface area contributed by atoms with E-state index in [4.69, 9.17) is 21.1 Å². The Morgan fingerprint density at radius 1 is 1.24 bits per heavy atom. The Balaban J connectivity index is 2.06. The number of nitrogens with zero attached hydrogens (tertiary/aromatic N) is 2. The smallest absolute Gasteiger partial charge is 0.316 e. The van der Waals surface area contributed by atoms with E-state index in [9.17, 15) is 9.59 Å². The number of fused-ring (bicyclic) bond motifs is 1. The number of hydrogen-bond acceptors (Lipinski definition) is 6. The average molecular weight is 433 g/mol. The van der Waals surface area contributed by atoms with Crippen LogP contribution in [0.4, 0.5) is 0 Å². The van der Waals surface area contributed by atoms with E-state index < -0.39 is 0 Å². The summed E-state index contributed by atoms with van der Waals surface area (Å²) in [6, 6.07) is 12.1. The number of thioether (sulfide) groups is 1. The summed E-state index contributed by atoms with van der Waals surface area (Å²) >= 11 is 7.22. The lowest BCUT2D eigenvalue weighted by Crippen LogP contribution is -2.23. The van der Waals surface area contributed by atoms with Gasteiger partial charge in [-0.3, -0.25) is 14.2 Å². The first kappa shape index (κ1) is 21.2. The zero-order chi connectivity index (χ0) is 20.8. The van der Waals surface area contributed by atoms with Gasteiger partial charge in [0.25, 0.3) is 5.56 Å². The van der Waals surface area contributed by atoms with Crippen molar-refractivity contribution in [1.82, 2.24) is 9.55 Å². The van der Waals surface area contributed by atoms with Gasteiger partial charge >= 0.3 is 5.97 Å². The number of para-hydroxylation sites is 2. The molecule has 0 bridgehead atoms. The van der Waals surface area contributed by atoms with Crippen molar-refractivity contribution in [2.24, 2.45) is 0 Å². The molecule has 0 spiro atoms. The highest BCUT2D eigenvalue weighted by atomic mass is 35.5. The van der Waals surface area contributed by atoms with Gasteiger partial charge in [-0.25, -0.2) is 4.98 Å². The summed E-state index contributed by atoms with van der Waals surface area (Å²) in [6.45, 7) is 2.41. The van der Waals surface area contributed by atoms with Crippen molar-refractivity contribution in [1.29, 1.82) is 0 Å². The molecule has 0 saturated carbocycles. The van der Waals surface area contributed by atoms with E-state index >= 15 is 0 Å². The largest absolute Gasteiger partial charge is 0.495 e. The van der Waals surface area contributed by atoms with Crippen molar-refractivity contribution in [3.05, 3.63) is 57.8 Å². The van der Waals surface area contributed by atoms with E-state index in [1.165, 1.54) is 11.7 Å². The van der Waals surface area contributed by atoms with E-state index in [1.54, 1.807) is 30.3 Å². The first-order valence-electron chi connectivity index (χ1n) is 9.19. The number of carbonyl (C=O) groups excluding carboxylic acids is 1. The van der Waals surface area contributed by atoms with Gasteiger partial charge in [-0.1, -0.05) is 48.8 Å². The third-order valence-electron chi connectivity index (χ3n) is 4.21. The Labute approximate surface area is 177 Å². The second-order valence-corrected chi connectivity index (χ2v) is 7.61. The minimum absolute atomic E-state index is 0.0391. The summed E-state index contributed by atoms with van der Waals surface area (Å²) in [5.41, 5.74) is 0.750. The fourth-order valence-corrected chi connectivity index (χ4v) is 3.73. The Bertz CT molecular complexity index is 1080. The SMILES string of the molecule is CCCCOC(=O)CSc1nc2cc(Cl)ccc2c(=O)n1-c1ccccc1OC. The lowest BCUT2D eigenvalue weighted by atomic mass is 10.2. The number of esters is 1. The molecule has 29 heavy (non-hydrogen) atoms. The van der Waals surface area contributed by atoms with Gasteiger partial charge in [-0.05, 0) is 36.8 Å². The molecule has 1 aromatic heterocycles. The number of rotatable bonds is 8. The van der Waals surface area contributed by atoms with Crippen molar-refractivity contribution < 1.29 is 14.3 Å². The molecule has 0 saturated heterocycles. The van der Waals surface area contributed by atoms with Gasteiger partial charge in [0.1, 0.15) is 5.75 Å². The van der Waals surface area contributed by atoms with Crippen LogP contribution in [0.1, 0.15) is 19.8 Å². The number of methoxy groups -OCH3 is 1. The van der Waals surface area contributed by atoms with Gasteiger partial charge in [-0.15, -0.1) is 0 Å². The summed E-state index contributed by atoms with van der Waals surface area (Å²) in [4.78, 5) is 29.9. The molecule has 0 radical (unpaired) electrons. The zero-order valence-corrected chi connectivity index (χ0v) is 17.8. The van der Waals surface area contributed by atoms with Crippen LogP contribution in [0.5, 0.6) is 5.75 Å². The molecule has 0 N–H and O–H groups in total. The second kappa shape index (κ2) is 9.80. The maximum atomic E-state index is 13.3. The molecule has 6 nitrogen and oxygen atoms in total. The number of halogens is 1. The van der Waals surface area contributed by atoms with E-state index in [2.05, 4.69) is 4.98 Å². The van der Waals surface area contributed by atoms with Gasteiger partial charge in [0.15, 0.2) is 5.16 Å². The van der Waals surface area contributed by atoms with Crippen LogP contribution in [0.2, 0.25) is 5.02 Å². The molecule has 2 aromatic carbocycles. The minimum Gasteiger partial charge on any atom is -0.495 e. The van der Waals surface area contributed by atoms with Gasteiger partial charge in [0.2, 0.25) is 0 Å². The lowest BCUT2D eigenvalue weighted by molar-refractivity contribution is -0.140. The Morgan fingerprint density at radius 3 is 2.79 bits per heavy atom. The van der Waals surface area contributed by atoms with Crippen LogP contribution < -0.4 is 10.3 Å². The van der Waals surface area contributed by atoms with Crippen molar-refractivity contribution >= 4 is 40.2 Å². The van der Waals surface area contributed by atoms with Crippen molar-refractivity contribution in [3.8, 4) is 11.4 Å². The molecular weight excluding hydrogens is 412 g/mol. The molecular formula is C21H21ClN2O4S. The molecule has 0 fully saturated rings. The maximum absolute atomic E-state index is 13.3. The minimum atomic E-state index is -0.351. The van der Waals surface area contributed by atoms with Crippen molar-refractivity contribution in [2.75, 3.05) is 19.5 Å². The highest BCUT2D eigenvalue weighted by Gasteiger charge is 2.18. The molecule has 3 aromatic rings. The van der Waals surface area contributed by atoms with Crippen LogP contribution in [0.15, 0.2) is 52.4 Å². The predicted octanol–water partition coefficient (Wildman–Crippen LogP) is 4.48. The number of hydrogen-bond donors (Lipinski definition) is 0.